The zero-order valence-electron chi connectivity index (χ0n) is 18.3. The molecule has 0 radical (unpaired) electrons. The van der Waals surface area contributed by atoms with Crippen molar-refractivity contribution in [1.29, 1.82) is 0 Å². The molecule has 2 aliphatic rings. The molecule has 2 aromatic heterocycles. The first-order valence-electron chi connectivity index (χ1n) is 11.3. The molecule has 1 aliphatic heterocycles. The second-order valence-electron chi connectivity index (χ2n) is 8.77. The summed E-state index contributed by atoms with van der Waals surface area (Å²) in [5.74, 6) is 0.728. The summed E-state index contributed by atoms with van der Waals surface area (Å²) in [6.07, 6.45) is 0.778. The fourth-order valence-electron chi connectivity index (χ4n) is 4.62. The Kier molecular flexibility index (Phi) is 5.19. The maximum atomic E-state index is 10.7. The van der Waals surface area contributed by atoms with Gasteiger partial charge in [-0.3, -0.25) is 5.32 Å². The van der Waals surface area contributed by atoms with Gasteiger partial charge in [0, 0.05) is 23.9 Å². The summed E-state index contributed by atoms with van der Waals surface area (Å²) in [7, 11) is 0. The number of hydrogen-bond acceptors (Lipinski definition) is 7. The molecule has 2 aromatic carbocycles. The number of aromatic nitrogens is 2. The molecule has 3 heterocycles. The van der Waals surface area contributed by atoms with Crippen LogP contribution >= 0.6 is 11.3 Å². The van der Waals surface area contributed by atoms with Crippen molar-refractivity contribution in [2.75, 3.05) is 6.54 Å². The van der Waals surface area contributed by atoms with Crippen molar-refractivity contribution in [2.24, 2.45) is 0 Å². The molecule has 0 unspecified atom stereocenters. The van der Waals surface area contributed by atoms with Crippen LogP contribution in [0.25, 0.3) is 20.9 Å². The lowest BCUT2D eigenvalue weighted by Gasteiger charge is -2.14. The van der Waals surface area contributed by atoms with Crippen LogP contribution in [0.2, 0.25) is 0 Å². The lowest BCUT2D eigenvalue weighted by atomic mass is 9.92. The summed E-state index contributed by atoms with van der Waals surface area (Å²) >= 11 is 1.60. The van der Waals surface area contributed by atoms with Crippen molar-refractivity contribution in [3.05, 3.63) is 78.0 Å². The zero-order valence-corrected chi connectivity index (χ0v) is 19.1. The highest BCUT2D eigenvalue weighted by molar-refractivity contribution is 7.21. The number of fused-ring (bicyclic) bond motifs is 1. The fourth-order valence-corrected chi connectivity index (χ4v) is 5.56. The number of rotatable bonds is 6. The van der Waals surface area contributed by atoms with Crippen LogP contribution < -0.4 is 10.1 Å². The van der Waals surface area contributed by atoms with E-state index in [1.54, 1.807) is 11.3 Å². The first kappa shape index (κ1) is 21.1. The molecule has 8 heteroatoms. The topological polar surface area (TPSA) is 93.6 Å². The average Bonchev–Trinajstić information content (AvgIpc) is 3.37. The molecule has 172 valence electrons. The average molecular weight is 474 g/mol. The summed E-state index contributed by atoms with van der Waals surface area (Å²) in [6.45, 7) is 0.538. The largest absolute Gasteiger partial charge is 0.507 e. The van der Waals surface area contributed by atoms with E-state index in [0.29, 0.717) is 13.0 Å². The van der Waals surface area contributed by atoms with Gasteiger partial charge in [0.05, 0.1) is 5.69 Å². The lowest BCUT2D eigenvalue weighted by molar-refractivity contribution is 0.0416. The highest BCUT2D eigenvalue weighted by atomic mass is 32.1. The quantitative estimate of drug-likeness (QED) is 0.372. The maximum absolute atomic E-state index is 10.7. The number of nitrogens with zero attached hydrogens (tertiary/aromatic N) is 2. The van der Waals surface area contributed by atoms with Crippen LogP contribution in [-0.2, 0) is 10.2 Å². The van der Waals surface area contributed by atoms with Gasteiger partial charge in [-0.05, 0) is 54.8 Å². The van der Waals surface area contributed by atoms with E-state index >= 15 is 0 Å². The van der Waals surface area contributed by atoms with Gasteiger partial charge >= 0.3 is 6.16 Å². The van der Waals surface area contributed by atoms with Crippen molar-refractivity contribution in [1.82, 2.24) is 15.3 Å². The van der Waals surface area contributed by atoms with Crippen LogP contribution in [0, 0.1) is 0 Å². The van der Waals surface area contributed by atoms with Crippen LogP contribution in [0.3, 0.4) is 0 Å². The third-order valence-electron chi connectivity index (χ3n) is 6.52. The van der Waals surface area contributed by atoms with Gasteiger partial charge < -0.3 is 14.6 Å². The smallest absolute Gasteiger partial charge is 0.489 e. The highest BCUT2D eigenvalue weighted by Gasteiger charge is 2.47. The molecule has 4 aromatic rings. The Balaban J connectivity index is 1.18. The number of carbonyl (C=O) groups is 1. The van der Waals surface area contributed by atoms with Gasteiger partial charge in [0.1, 0.15) is 27.2 Å². The van der Waals surface area contributed by atoms with Crippen molar-refractivity contribution in [2.45, 2.75) is 37.0 Å². The van der Waals surface area contributed by atoms with Gasteiger partial charge in [0.2, 0.25) is 0 Å². The normalized spacial score (nSPS) is 20.8. The van der Waals surface area contributed by atoms with Crippen molar-refractivity contribution >= 4 is 27.8 Å². The van der Waals surface area contributed by atoms with Crippen molar-refractivity contribution < 1.29 is 19.4 Å². The highest BCUT2D eigenvalue weighted by Crippen LogP contribution is 2.53. The maximum Gasteiger partial charge on any atom is 0.507 e. The van der Waals surface area contributed by atoms with Crippen LogP contribution in [-0.4, -0.2) is 40.1 Å². The molecule has 2 atom stereocenters. The summed E-state index contributed by atoms with van der Waals surface area (Å²) in [4.78, 5) is 21.5. The van der Waals surface area contributed by atoms with Crippen LogP contribution in [0.15, 0.2) is 66.7 Å². The van der Waals surface area contributed by atoms with E-state index in [9.17, 15) is 4.79 Å². The minimum absolute atomic E-state index is 0.0438. The molecular formula is C26H23N3O4S. The molecule has 2 N–H and O–H groups in total. The number of pyridine rings is 1. The van der Waals surface area contributed by atoms with Crippen LogP contribution in [0.4, 0.5) is 4.79 Å². The molecule has 1 saturated carbocycles. The summed E-state index contributed by atoms with van der Waals surface area (Å²) in [5.41, 5.74) is 4.43. The Labute approximate surface area is 200 Å². The molecule has 34 heavy (non-hydrogen) atoms. The number of benzene rings is 2. The van der Waals surface area contributed by atoms with Gasteiger partial charge in [-0.2, -0.15) is 0 Å². The van der Waals surface area contributed by atoms with Gasteiger partial charge in [-0.1, -0.05) is 41.7 Å². The van der Waals surface area contributed by atoms with E-state index in [-0.39, 0.29) is 11.5 Å². The first-order valence-corrected chi connectivity index (χ1v) is 12.1. The number of thiazole rings is 1. The number of nitrogens with one attached hydrogen (secondary N) is 1. The van der Waals surface area contributed by atoms with Gasteiger partial charge in [-0.15, -0.1) is 0 Å². The Morgan fingerprint density at radius 3 is 2.56 bits per heavy atom. The fraction of sp³-hybridized carbons (Fsp3) is 0.269. The molecule has 1 aliphatic carbocycles. The minimum atomic E-state index is -1.28. The van der Waals surface area contributed by atoms with Gasteiger partial charge in [-0.25, -0.2) is 14.8 Å². The SMILES string of the molecule is O=C(O)O[C@H]1C[C@@H](Oc2ccc(-c3nc4ccc(C5(c6ccccc6)CC5)nc4s3)cc2)CN1. The molecular weight excluding hydrogens is 450 g/mol. The molecule has 0 bridgehead atoms. The van der Waals surface area contributed by atoms with E-state index in [0.717, 1.165) is 45.2 Å². The van der Waals surface area contributed by atoms with E-state index in [2.05, 4.69) is 47.8 Å². The molecule has 2 fully saturated rings. The first-order chi connectivity index (χ1) is 16.6. The second-order valence-corrected chi connectivity index (χ2v) is 9.75. The third kappa shape index (κ3) is 3.99. The molecule has 0 amide bonds. The summed E-state index contributed by atoms with van der Waals surface area (Å²) in [6, 6.07) is 22.7. The Bertz CT molecular complexity index is 1340. The number of hydrogen-bond donors (Lipinski definition) is 2. The number of ether oxygens (including phenoxy) is 2. The van der Waals surface area contributed by atoms with E-state index in [1.165, 1.54) is 5.56 Å². The number of carboxylic acid groups (broad SMARTS) is 1. The monoisotopic (exact) mass is 473 g/mol. The van der Waals surface area contributed by atoms with Crippen molar-refractivity contribution in [3.63, 3.8) is 0 Å². The lowest BCUT2D eigenvalue weighted by Crippen LogP contribution is -2.26. The standard InChI is InChI=1S/C26H23N3O4S/c30-25(31)33-22-14-19(15-27-22)32-18-8-6-16(7-9-18)23-28-20-10-11-21(29-24(20)34-23)26(12-13-26)17-4-2-1-3-5-17/h1-11,19,22,27H,12-15H2,(H,30,31)/t19-,22+/m1/s1. The van der Waals surface area contributed by atoms with E-state index in [4.69, 9.17) is 24.5 Å². The van der Waals surface area contributed by atoms with Crippen molar-refractivity contribution in [3.8, 4) is 16.3 Å². The second kappa shape index (κ2) is 8.38. The molecule has 6 rings (SSSR count). The Hall–Kier alpha value is -3.49. The molecule has 1 saturated heterocycles. The molecule has 0 spiro atoms. The van der Waals surface area contributed by atoms with E-state index < -0.39 is 12.4 Å². The predicted octanol–water partition coefficient (Wildman–Crippen LogP) is 5.20. The predicted molar refractivity (Wildman–Crippen MR) is 129 cm³/mol. The van der Waals surface area contributed by atoms with Crippen LogP contribution in [0.1, 0.15) is 30.5 Å². The third-order valence-corrected chi connectivity index (χ3v) is 7.53. The van der Waals surface area contributed by atoms with Gasteiger partial charge in [0.25, 0.3) is 0 Å². The summed E-state index contributed by atoms with van der Waals surface area (Å²) < 4.78 is 10.7. The van der Waals surface area contributed by atoms with Crippen LogP contribution in [0.5, 0.6) is 5.75 Å². The zero-order chi connectivity index (χ0) is 23.1. The van der Waals surface area contributed by atoms with E-state index in [1.807, 2.05) is 24.3 Å². The van der Waals surface area contributed by atoms with Gasteiger partial charge in [0.15, 0.2) is 6.23 Å². The Morgan fingerprint density at radius 1 is 1.03 bits per heavy atom. The summed E-state index contributed by atoms with van der Waals surface area (Å²) in [5, 5.41) is 12.7. The molecule has 7 nitrogen and oxygen atoms in total. The Morgan fingerprint density at radius 2 is 1.82 bits per heavy atom. The minimum Gasteiger partial charge on any atom is -0.489 e.